The molecule has 0 saturated carbocycles. The molecule has 9 nitrogen and oxygen atoms in total. The molecule has 2 aliphatic heterocycles. The molecule has 0 radical (unpaired) electrons. The molecule has 10 heteroatoms. The quantitative estimate of drug-likeness (QED) is 0.653. The fourth-order valence-corrected chi connectivity index (χ4v) is 2.62. The lowest BCUT2D eigenvalue weighted by molar-refractivity contribution is -0.00970. The Hall–Kier alpha value is -1.36. The maximum Gasteiger partial charge on any atom is 0.418 e. The number of rotatable bonds is 3. The smallest absolute Gasteiger partial charge is 0.412 e. The number of piperidine rings is 1. The van der Waals surface area contributed by atoms with E-state index in [4.69, 9.17) is 10.3 Å². The summed E-state index contributed by atoms with van der Waals surface area (Å²) in [6.45, 7) is 3.53. The predicted octanol–water partition coefficient (Wildman–Crippen LogP) is -0.758. The molecule has 2 heterocycles. The fourth-order valence-electron chi connectivity index (χ4n) is 2.20. The Morgan fingerprint density at radius 1 is 1.40 bits per heavy atom. The van der Waals surface area contributed by atoms with Crippen LogP contribution >= 0.6 is 0 Å². The number of guanidine groups is 1. The minimum absolute atomic E-state index is 0. The molecule has 2 aliphatic rings. The lowest BCUT2D eigenvalue weighted by Crippen LogP contribution is -2.47. The van der Waals surface area contributed by atoms with Gasteiger partial charge in [-0.05, 0) is 32.3 Å². The molecule has 20 heavy (non-hydrogen) atoms. The highest BCUT2D eigenvalue weighted by Crippen LogP contribution is 2.21. The van der Waals surface area contributed by atoms with Crippen molar-refractivity contribution in [2.75, 3.05) is 13.1 Å². The van der Waals surface area contributed by atoms with Gasteiger partial charge in [-0.1, -0.05) is 0 Å². The molecule has 0 bridgehead atoms. The van der Waals surface area contributed by atoms with E-state index in [2.05, 4.69) is 14.2 Å². The number of likely N-dealkylation sites (tertiary alicyclic amines) is 1. The van der Waals surface area contributed by atoms with Crippen LogP contribution in [0.15, 0.2) is 16.9 Å². The van der Waals surface area contributed by atoms with Gasteiger partial charge in [0.2, 0.25) is 5.96 Å². The van der Waals surface area contributed by atoms with Crippen LogP contribution in [0.5, 0.6) is 0 Å². The van der Waals surface area contributed by atoms with E-state index in [9.17, 15) is 8.42 Å². The van der Waals surface area contributed by atoms with E-state index >= 15 is 0 Å². The number of nitrogens with two attached hydrogens (primary N) is 1. The summed E-state index contributed by atoms with van der Waals surface area (Å²) in [5.41, 5.74) is 5.68. The molecule has 0 aromatic heterocycles. The first-order chi connectivity index (χ1) is 8.87. The lowest BCUT2D eigenvalue weighted by Gasteiger charge is -2.34. The zero-order valence-corrected chi connectivity index (χ0v) is 12.0. The largest absolute Gasteiger partial charge is 0.418 e. The van der Waals surface area contributed by atoms with Crippen molar-refractivity contribution in [3.63, 3.8) is 0 Å². The van der Waals surface area contributed by atoms with Crippen molar-refractivity contribution in [3.05, 3.63) is 11.9 Å². The van der Waals surface area contributed by atoms with Crippen molar-refractivity contribution in [1.82, 2.24) is 9.96 Å². The molecule has 0 aromatic carbocycles. The van der Waals surface area contributed by atoms with Gasteiger partial charge < -0.3 is 16.1 Å². The summed E-state index contributed by atoms with van der Waals surface area (Å²) in [5.74, 6) is 0.632. The van der Waals surface area contributed by atoms with E-state index in [1.54, 1.807) is 13.0 Å². The van der Waals surface area contributed by atoms with Gasteiger partial charge in [-0.3, -0.25) is 4.55 Å². The van der Waals surface area contributed by atoms with Gasteiger partial charge in [0.05, 0.1) is 6.04 Å². The Morgan fingerprint density at radius 2 is 2.00 bits per heavy atom. The number of hydroxylamine groups is 2. The third-order valence-electron chi connectivity index (χ3n) is 3.07. The van der Waals surface area contributed by atoms with Crippen molar-refractivity contribution in [2.24, 2.45) is 10.7 Å². The maximum atomic E-state index is 10.7. The summed E-state index contributed by atoms with van der Waals surface area (Å²) in [5, 5.41) is 0.864. The number of hydrogen-bond donors (Lipinski definition) is 2. The first-order valence-electron chi connectivity index (χ1n) is 6.14. The summed E-state index contributed by atoms with van der Waals surface area (Å²) in [6.07, 6.45) is 5.17. The molecule has 1 fully saturated rings. The molecule has 1 saturated heterocycles. The third kappa shape index (κ3) is 4.07. The van der Waals surface area contributed by atoms with E-state index in [1.807, 2.05) is 0 Å². The molecule has 0 aromatic rings. The molecule has 1 atom stereocenters. The highest BCUT2D eigenvalue weighted by atomic mass is 32.3. The van der Waals surface area contributed by atoms with E-state index < -0.39 is 16.4 Å². The van der Waals surface area contributed by atoms with Crippen molar-refractivity contribution >= 4 is 16.4 Å². The maximum absolute atomic E-state index is 10.7. The summed E-state index contributed by atoms with van der Waals surface area (Å²) in [6, 6.07) is -0.434. The first kappa shape index (κ1) is 16.7. The van der Waals surface area contributed by atoms with E-state index in [-0.39, 0.29) is 11.4 Å². The molecule has 0 aliphatic carbocycles. The summed E-state index contributed by atoms with van der Waals surface area (Å²) in [7, 11) is -4.61. The normalized spacial score (nSPS) is 23.8. The Labute approximate surface area is 117 Å². The van der Waals surface area contributed by atoms with Gasteiger partial charge in [0, 0.05) is 13.1 Å². The van der Waals surface area contributed by atoms with Crippen LogP contribution in [-0.4, -0.2) is 53.5 Å². The van der Waals surface area contributed by atoms with Crippen molar-refractivity contribution in [1.29, 1.82) is 0 Å². The zero-order valence-electron chi connectivity index (χ0n) is 11.2. The summed E-state index contributed by atoms with van der Waals surface area (Å²) in [4.78, 5) is 6.24. The second-order valence-corrected chi connectivity index (χ2v) is 5.62. The Kier molecular flexibility index (Phi) is 5.34. The average molecular weight is 308 g/mol. The van der Waals surface area contributed by atoms with Gasteiger partial charge >= 0.3 is 10.4 Å². The highest BCUT2D eigenvalue weighted by molar-refractivity contribution is 7.80. The van der Waals surface area contributed by atoms with Crippen LogP contribution < -0.4 is 5.73 Å². The third-order valence-corrected chi connectivity index (χ3v) is 3.42. The lowest BCUT2D eigenvalue weighted by atomic mass is 10.1. The molecular formula is C10H20N4O5S. The van der Waals surface area contributed by atoms with Crippen LogP contribution in [0.25, 0.3) is 0 Å². The van der Waals surface area contributed by atoms with Crippen LogP contribution in [0.1, 0.15) is 26.2 Å². The monoisotopic (exact) mass is 308 g/mol. The first-order valence-corrected chi connectivity index (χ1v) is 7.50. The van der Waals surface area contributed by atoms with Crippen molar-refractivity contribution in [3.8, 4) is 0 Å². The molecule has 2 rings (SSSR count). The minimum Gasteiger partial charge on any atom is -0.412 e. The summed E-state index contributed by atoms with van der Waals surface area (Å²) >= 11 is 0. The standard InChI is InChI=1S/C10H18N4O4S.H2O/c1-8-7-9(13-5-3-2-4-6-13)12-10(11)14(8)18-19(15,16)17;/h7-8H,2-6H2,1H3,(H2,11,12)(H,15,16,17);1H2. The fraction of sp³-hybridized carbons (Fsp3) is 0.700. The van der Waals surface area contributed by atoms with Crippen LogP contribution in [0, 0.1) is 0 Å². The second-order valence-electron chi connectivity index (χ2n) is 4.61. The molecule has 5 N–H and O–H groups in total. The zero-order chi connectivity index (χ0) is 14.0. The highest BCUT2D eigenvalue weighted by Gasteiger charge is 2.27. The van der Waals surface area contributed by atoms with Gasteiger partial charge in [0.15, 0.2) is 0 Å². The molecule has 1 unspecified atom stereocenters. The van der Waals surface area contributed by atoms with Gasteiger partial charge in [-0.15, -0.1) is 4.28 Å². The van der Waals surface area contributed by atoms with Crippen LogP contribution in [-0.2, 0) is 14.7 Å². The second kappa shape index (κ2) is 6.39. The summed E-state index contributed by atoms with van der Waals surface area (Å²) < 4.78 is 34.5. The molecular weight excluding hydrogens is 288 g/mol. The number of nitrogens with zero attached hydrogens (tertiary/aromatic N) is 3. The SMILES string of the molecule is CC1C=C(N2CCCCC2)N=C(N)N1OS(=O)(=O)O.O. The molecule has 0 spiro atoms. The number of aliphatic imine (C=N–C) groups is 1. The van der Waals surface area contributed by atoms with Crippen molar-refractivity contribution < 1.29 is 22.7 Å². The Morgan fingerprint density at radius 3 is 2.50 bits per heavy atom. The predicted molar refractivity (Wildman–Crippen MR) is 72.7 cm³/mol. The van der Waals surface area contributed by atoms with Gasteiger partial charge in [-0.2, -0.15) is 18.5 Å². The van der Waals surface area contributed by atoms with Crippen molar-refractivity contribution in [2.45, 2.75) is 32.2 Å². The van der Waals surface area contributed by atoms with Gasteiger partial charge in [-0.25, -0.2) is 0 Å². The topological polar surface area (TPSA) is 140 Å². The van der Waals surface area contributed by atoms with Gasteiger partial charge in [0.25, 0.3) is 0 Å². The molecule has 0 amide bonds. The van der Waals surface area contributed by atoms with Crippen LogP contribution in [0.3, 0.4) is 0 Å². The minimum atomic E-state index is -4.61. The van der Waals surface area contributed by atoms with Crippen LogP contribution in [0.2, 0.25) is 0 Å². The van der Waals surface area contributed by atoms with E-state index in [0.717, 1.165) is 36.8 Å². The Bertz CT molecular complexity index is 498. The average Bonchev–Trinajstić information content (AvgIpc) is 2.33. The Balaban J connectivity index is 0.00000200. The molecule has 116 valence electrons. The van der Waals surface area contributed by atoms with E-state index in [1.165, 1.54) is 6.42 Å². The van der Waals surface area contributed by atoms with E-state index in [0.29, 0.717) is 0 Å². The van der Waals surface area contributed by atoms with Crippen LogP contribution in [0.4, 0.5) is 0 Å². The number of hydrogen-bond acceptors (Lipinski definition) is 7. The van der Waals surface area contributed by atoms with Gasteiger partial charge in [0.1, 0.15) is 5.82 Å².